The summed E-state index contributed by atoms with van der Waals surface area (Å²) in [7, 11) is -3.55. The number of carbonyl (C=O) groups excluding carboxylic acids is 1. The van der Waals surface area contributed by atoms with Crippen LogP contribution < -0.4 is 5.32 Å². The van der Waals surface area contributed by atoms with Crippen LogP contribution in [-0.2, 0) is 21.4 Å². The quantitative estimate of drug-likeness (QED) is 0.523. The lowest BCUT2D eigenvalue weighted by Gasteiger charge is -2.19. The van der Waals surface area contributed by atoms with Crippen LogP contribution in [0.15, 0.2) is 77.2 Å². The van der Waals surface area contributed by atoms with E-state index in [-0.39, 0.29) is 13.1 Å². The maximum atomic E-state index is 12.5. The van der Waals surface area contributed by atoms with Crippen molar-refractivity contribution in [2.24, 2.45) is 0 Å². The lowest BCUT2D eigenvalue weighted by atomic mass is 10.1. The molecule has 7 heteroatoms. The van der Waals surface area contributed by atoms with Gasteiger partial charge in [-0.15, -0.1) is 0 Å². The molecule has 29 heavy (non-hydrogen) atoms. The van der Waals surface area contributed by atoms with Crippen molar-refractivity contribution < 1.29 is 17.6 Å². The first-order chi connectivity index (χ1) is 13.9. The van der Waals surface area contributed by atoms with E-state index >= 15 is 0 Å². The maximum absolute atomic E-state index is 12.5. The highest BCUT2D eigenvalue weighted by Crippen LogP contribution is 2.30. The summed E-state index contributed by atoms with van der Waals surface area (Å²) in [6.45, 7) is -0.137. The number of fused-ring (bicyclic) bond motifs is 3. The second-order valence-electron chi connectivity index (χ2n) is 6.87. The van der Waals surface area contributed by atoms with Gasteiger partial charge in [0.05, 0.1) is 12.8 Å². The van der Waals surface area contributed by atoms with Crippen LogP contribution in [0.4, 0.5) is 5.69 Å². The second kappa shape index (κ2) is 7.69. The molecular formula is C22H20N2O4S. The van der Waals surface area contributed by atoms with Crippen molar-refractivity contribution in [3.05, 3.63) is 78.4 Å². The van der Waals surface area contributed by atoms with Crippen molar-refractivity contribution in [1.29, 1.82) is 0 Å². The molecule has 0 unspecified atom stereocenters. The molecule has 148 valence electrons. The number of amides is 1. The van der Waals surface area contributed by atoms with Crippen LogP contribution >= 0.6 is 0 Å². The van der Waals surface area contributed by atoms with Gasteiger partial charge in [0.15, 0.2) is 0 Å². The van der Waals surface area contributed by atoms with Crippen LogP contribution in [0.2, 0.25) is 0 Å². The van der Waals surface area contributed by atoms with Gasteiger partial charge in [0.2, 0.25) is 15.9 Å². The molecule has 1 heterocycles. The predicted octanol–water partition coefficient (Wildman–Crippen LogP) is 3.99. The van der Waals surface area contributed by atoms with Gasteiger partial charge in [-0.3, -0.25) is 4.79 Å². The number of sulfonamides is 1. The molecule has 0 saturated heterocycles. The summed E-state index contributed by atoms with van der Waals surface area (Å²) in [4.78, 5) is 12.5. The molecule has 1 amide bonds. The summed E-state index contributed by atoms with van der Waals surface area (Å²) in [6.07, 6.45) is 1.10. The second-order valence-corrected chi connectivity index (χ2v) is 8.86. The first-order valence-electron chi connectivity index (χ1n) is 9.10. The zero-order valence-corrected chi connectivity index (χ0v) is 16.6. The van der Waals surface area contributed by atoms with Crippen molar-refractivity contribution in [2.45, 2.75) is 6.54 Å². The van der Waals surface area contributed by atoms with E-state index in [1.165, 1.54) is 0 Å². The average molecular weight is 408 g/mol. The number of benzene rings is 3. The Morgan fingerprint density at radius 3 is 2.38 bits per heavy atom. The van der Waals surface area contributed by atoms with Gasteiger partial charge in [-0.05, 0) is 23.8 Å². The lowest BCUT2D eigenvalue weighted by molar-refractivity contribution is -0.116. The van der Waals surface area contributed by atoms with Gasteiger partial charge in [-0.25, -0.2) is 8.42 Å². The predicted molar refractivity (Wildman–Crippen MR) is 114 cm³/mol. The standard InChI is InChI=1S/C22H20N2O4S/c1-29(26,27)24(14-16-7-3-2-4-8-16)15-22(25)23-17-11-12-19-18-9-5-6-10-20(18)28-21(19)13-17/h2-13H,14-15H2,1H3,(H,23,25). The average Bonchev–Trinajstić information content (AvgIpc) is 3.05. The molecule has 0 fully saturated rings. The number of anilines is 1. The van der Waals surface area contributed by atoms with Crippen LogP contribution in [0.25, 0.3) is 21.9 Å². The Kier molecular flexibility index (Phi) is 5.08. The van der Waals surface area contributed by atoms with Gasteiger partial charge in [-0.1, -0.05) is 48.5 Å². The monoisotopic (exact) mass is 408 g/mol. The molecule has 1 aromatic heterocycles. The van der Waals surface area contributed by atoms with Gasteiger partial charge in [-0.2, -0.15) is 4.31 Å². The molecule has 0 saturated carbocycles. The van der Waals surface area contributed by atoms with Gasteiger partial charge in [0.25, 0.3) is 0 Å². The van der Waals surface area contributed by atoms with Crippen molar-refractivity contribution in [3.63, 3.8) is 0 Å². The molecule has 1 N–H and O–H groups in total. The van der Waals surface area contributed by atoms with Crippen molar-refractivity contribution in [2.75, 3.05) is 18.1 Å². The minimum Gasteiger partial charge on any atom is -0.456 e. The third-order valence-corrected chi connectivity index (χ3v) is 5.85. The Bertz CT molecular complexity index is 1280. The lowest BCUT2D eigenvalue weighted by Crippen LogP contribution is -2.36. The van der Waals surface area contributed by atoms with Gasteiger partial charge in [0, 0.05) is 29.1 Å². The third-order valence-electron chi connectivity index (χ3n) is 4.65. The number of hydrogen-bond acceptors (Lipinski definition) is 4. The van der Waals surface area contributed by atoms with Crippen LogP contribution in [0, 0.1) is 0 Å². The van der Waals surface area contributed by atoms with Crippen molar-refractivity contribution in [1.82, 2.24) is 4.31 Å². The Morgan fingerprint density at radius 2 is 1.62 bits per heavy atom. The molecule has 0 atom stereocenters. The van der Waals surface area contributed by atoms with E-state index < -0.39 is 15.9 Å². The fourth-order valence-corrected chi connectivity index (χ4v) is 3.98. The zero-order chi connectivity index (χ0) is 20.4. The molecule has 0 spiro atoms. The number of hydrogen-bond donors (Lipinski definition) is 1. The first-order valence-corrected chi connectivity index (χ1v) is 11.0. The summed E-state index contributed by atoms with van der Waals surface area (Å²) in [5.41, 5.74) is 2.80. The molecule has 0 radical (unpaired) electrons. The Balaban J connectivity index is 1.52. The summed E-state index contributed by atoms with van der Waals surface area (Å²) < 4.78 is 31.2. The highest BCUT2D eigenvalue weighted by atomic mass is 32.2. The van der Waals surface area contributed by atoms with E-state index in [2.05, 4.69) is 5.32 Å². The van der Waals surface area contributed by atoms with E-state index in [1.54, 1.807) is 12.1 Å². The highest BCUT2D eigenvalue weighted by Gasteiger charge is 2.21. The zero-order valence-electron chi connectivity index (χ0n) is 15.8. The maximum Gasteiger partial charge on any atom is 0.239 e. The Labute approximate surface area is 168 Å². The molecule has 0 aliphatic heterocycles. The number of para-hydroxylation sites is 1. The normalized spacial score (nSPS) is 11.9. The molecule has 3 aromatic carbocycles. The highest BCUT2D eigenvalue weighted by molar-refractivity contribution is 7.88. The van der Waals surface area contributed by atoms with Crippen molar-refractivity contribution >= 4 is 43.6 Å². The van der Waals surface area contributed by atoms with Gasteiger partial charge >= 0.3 is 0 Å². The minimum absolute atomic E-state index is 0.135. The largest absolute Gasteiger partial charge is 0.456 e. The number of rotatable bonds is 6. The molecule has 0 aliphatic rings. The van der Waals surface area contributed by atoms with Gasteiger partial charge < -0.3 is 9.73 Å². The van der Waals surface area contributed by atoms with Crippen LogP contribution in [0.5, 0.6) is 0 Å². The molecule has 4 rings (SSSR count). The van der Waals surface area contributed by atoms with E-state index in [9.17, 15) is 13.2 Å². The van der Waals surface area contributed by atoms with E-state index in [0.717, 1.165) is 32.5 Å². The SMILES string of the molecule is CS(=O)(=O)N(CC(=O)Nc1ccc2c(c1)oc1ccccc12)Cc1ccccc1. The Hall–Kier alpha value is -3.16. The van der Waals surface area contributed by atoms with E-state index in [0.29, 0.717) is 11.3 Å². The van der Waals surface area contributed by atoms with Crippen LogP contribution in [0.3, 0.4) is 0 Å². The van der Waals surface area contributed by atoms with E-state index in [1.807, 2.05) is 60.7 Å². The number of nitrogens with one attached hydrogen (secondary N) is 1. The molecule has 6 nitrogen and oxygen atoms in total. The topological polar surface area (TPSA) is 79.6 Å². The number of carbonyl (C=O) groups is 1. The van der Waals surface area contributed by atoms with Crippen LogP contribution in [-0.4, -0.2) is 31.4 Å². The molecule has 4 aromatic rings. The van der Waals surface area contributed by atoms with E-state index in [4.69, 9.17) is 4.42 Å². The molecule has 0 aliphatic carbocycles. The molecular weight excluding hydrogens is 388 g/mol. The number of furan rings is 1. The van der Waals surface area contributed by atoms with Crippen molar-refractivity contribution in [3.8, 4) is 0 Å². The van der Waals surface area contributed by atoms with Crippen LogP contribution in [0.1, 0.15) is 5.56 Å². The Morgan fingerprint density at radius 1 is 0.931 bits per heavy atom. The molecule has 0 bridgehead atoms. The summed E-state index contributed by atoms with van der Waals surface area (Å²) in [5.74, 6) is -0.415. The smallest absolute Gasteiger partial charge is 0.239 e. The summed E-state index contributed by atoms with van der Waals surface area (Å²) in [6, 6.07) is 22.3. The fraction of sp³-hybridized carbons (Fsp3) is 0.136. The minimum atomic E-state index is -3.55. The third kappa shape index (κ3) is 4.31. The van der Waals surface area contributed by atoms with Gasteiger partial charge in [0.1, 0.15) is 11.2 Å². The summed E-state index contributed by atoms with van der Waals surface area (Å²) in [5, 5.41) is 4.73. The fourth-order valence-electron chi connectivity index (χ4n) is 3.24. The number of nitrogens with zero attached hydrogens (tertiary/aromatic N) is 1. The first kappa shape index (κ1) is 19.2. The summed E-state index contributed by atoms with van der Waals surface area (Å²) >= 11 is 0.